The second kappa shape index (κ2) is 10.5. The summed E-state index contributed by atoms with van der Waals surface area (Å²) in [6.07, 6.45) is 2.10. The first-order valence-electron chi connectivity index (χ1n) is 7.43. The van der Waals surface area contributed by atoms with Crippen LogP contribution in [0.1, 0.15) is 28.9 Å². The lowest BCUT2D eigenvalue weighted by atomic mass is 10.1. The van der Waals surface area contributed by atoms with Crippen LogP contribution in [-0.2, 0) is 6.61 Å². The third-order valence-electron chi connectivity index (χ3n) is 3.62. The van der Waals surface area contributed by atoms with Gasteiger partial charge in [0.2, 0.25) is 0 Å². The van der Waals surface area contributed by atoms with E-state index < -0.39 is 0 Å². The van der Waals surface area contributed by atoms with Gasteiger partial charge in [0.05, 0.1) is 16.8 Å². The zero-order chi connectivity index (χ0) is 15.2. The number of nitrogens with zero attached hydrogens (tertiary/aromatic N) is 1. The number of aromatic nitrogens is 1. The maximum atomic E-state index is 12.5. The summed E-state index contributed by atoms with van der Waals surface area (Å²) in [5.74, 6) is 0.513. The molecule has 1 amide bonds. The molecule has 24 heavy (non-hydrogen) atoms. The molecular formula is C16H21Cl2N3O2S. The maximum Gasteiger partial charge on any atom is 0.255 e. The van der Waals surface area contributed by atoms with Crippen LogP contribution >= 0.6 is 36.2 Å². The number of ether oxygens (including phenoxy) is 1. The highest BCUT2D eigenvalue weighted by Gasteiger charge is 2.18. The van der Waals surface area contributed by atoms with Gasteiger partial charge in [-0.25, -0.2) is 4.98 Å². The average Bonchev–Trinajstić information content (AvgIpc) is 3.07. The standard InChI is InChI=1S/C16H19N3O2S.2ClH/c20-16(19-12-4-3-7-17-8-12)14-5-1-2-6-15(14)21-9-13-10-22-11-18-13;;/h1-2,5-6,10-12,17H,3-4,7-9H2,(H,19,20);2*1H/t12-;;/m0../s1. The van der Waals surface area contributed by atoms with E-state index >= 15 is 0 Å². The molecule has 0 unspecified atom stereocenters. The van der Waals surface area contributed by atoms with Gasteiger partial charge < -0.3 is 15.4 Å². The number of piperidine rings is 1. The molecule has 1 aromatic heterocycles. The molecule has 0 spiro atoms. The normalized spacial score (nSPS) is 16.4. The molecule has 3 rings (SSSR count). The van der Waals surface area contributed by atoms with Gasteiger partial charge in [-0.3, -0.25) is 4.79 Å². The summed E-state index contributed by atoms with van der Waals surface area (Å²) < 4.78 is 5.76. The summed E-state index contributed by atoms with van der Waals surface area (Å²) in [6.45, 7) is 2.23. The number of carbonyl (C=O) groups is 1. The summed E-state index contributed by atoms with van der Waals surface area (Å²) in [6, 6.07) is 7.52. The van der Waals surface area contributed by atoms with Gasteiger partial charge in [-0.15, -0.1) is 36.2 Å². The molecule has 5 nitrogen and oxygen atoms in total. The van der Waals surface area contributed by atoms with Crippen molar-refractivity contribution in [3.05, 3.63) is 46.4 Å². The first-order chi connectivity index (χ1) is 10.8. The van der Waals surface area contributed by atoms with Crippen LogP contribution in [-0.4, -0.2) is 30.0 Å². The Bertz CT molecular complexity index is 620. The number of thiazole rings is 1. The van der Waals surface area contributed by atoms with Crippen molar-refractivity contribution in [2.75, 3.05) is 13.1 Å². The molecule has 0 saturated carbocycles. The molecule has 0 bridgehead atoms. The van der Waals surface area contributed by atoms with Crippen LogP contribution in [0.3, 0.4) is 0 Å². The zero-order valence-corrected chi connectivity index (χ0v) is 15.5. The lowest BCUT2D eigenvalue weighted by Crippen LogP contribution is -2.45. The number of nitrogens with one attached hydrogen (secondary N) is 2. The van der Waals surface area contributed by atoms with Crippen molar-refractivity contribution in [1.82, 2.24) is 15.6 Å². The third-order valence-corrected chi connectivity index (χ3v) is 4.26. The Labute approximate surface area is 158 Å². The fourth-order valence-electron chi connectivity index (χ4n) is 2.48. The van der Waals surface area contributed by atoms with E-state index in [1.165, 1.54) is 11.3 Å². The molecular weight excluding hydrogens is 369 g/mol. The van der Waals surface area contributed by atoms with Crippen molar-refractivity contribution in [2.45, 2.75) is 25.5 Å². The number of hydrogen-bond acceptors (Lipinski definition) is 5. The molecule has 0 aliphatic carbocycles. The molecule has 1 aromatic carbocycles. The zero-order valence-electron chi connectivity index (χ0n) is 13.1. The van der Waals surface area contributed by atoms with Crippen molar-refractivity contribution >= 4 is 42.1 Å². The van der Waals surface area contributed by atoms with Crippen LogP contribution in [0.25, 0.3) is 0 Å². The Balaban J connectivity index is 0.00000144. The summed E-state index contributed by atoms with van der Waals surface area (Å²) in [4.78, 5) is 16.6. The quantitative estimate of drug-likeness (QED) is 0.824. The van der Waals surface area contributed by atoms with Crippen LogP contribution in [0.4, 0.5) is 0 Å². The van der Waals surface area contributed by atoms with Crippen molar-refractivity contribution in [2.24, 2.45) is 0 Å². The first-order valence-corrected chi connectivity index (χ1v) is 8.37. The predicted octanol–water partition coefficient (Wildman–Crippen LogP) is 3.05. The fourth-order valence-corrected chi connectivity index (χ4v) is 3.02. The predicted molar refractivity (Wildman–Crippen MR) is 101 cm³/mol. The minimum atomic E-state index is -0.0809. The topological polar surface area (TPSA) is 63.2 Å². The largest absolute Gasteiger partial charge is 0.486 e. The van der Waals surface area contributed by atoms with Crippen LogP contribution in [0, 0.1) is 0 Å². The molecule has 1 aliphatic heterocycles. The first kappa shape index (κ1) is 20.7. The van der Waals surface area contributed by atoms with E-state index in [1.54, 1.807) is 11.6 Å². The highest BCUT2D eigenvalue weighted by Crippen LogP contribution is 2.20. The van der Waals surface area contributed by atoms with Crippen molar-refractivity contribution in [3.63, 3.8) is 0 Å². The number of benzene rings is 1. The number of carbonyl (C=O) groups excluding carboxylic acids is 1. The van der Waals surface area contributed by atoms with E-state index in [-0.39, 0.29) is 36.8 Å². The van der Waals surface area contributed by atoms with Crippen LogP contribution in [0.15, 0.2) is 35.2 Å². The summed E-state index contributed by atoms with van der Waals surface area (Å²) >= 11 is 1.53. The number of halogens is 2. The molecule has 1 fully saturated rings. The Hall–Kier alpha value is -1.34. The minimum Gasteiger partial charge on any atom is -0.486 e. The van der Waals surface area contributed by atoms with Crippen LogP contribution in [0.5, 0.6) is 5.75 Å². The van der Waals surface area contributed by atoms with Gasteiger partial charge in [0.1, 0.15) is 12.4 Å². The maximum absolute atomic E-state index is 12.5. The van der Waals surface area contributed by atoms with Gasteiger partial charge in [0, 0.05) is 18.0 Å². The van der Waals surface area contributed by atoms with E-state index in [9.17, 15) is 4.79 Å². The molecule has 8 heteroatoms. The van der Waals surface area contributed by atoms with Gasteiger partial charge in [0.25, 0.3) is 5.91 Å². The fraction of sp³-hybridized carbons (Fsp3) is 0.375. The highest BCUT2D eigenvalue weighted by atomic mass is 35.5. The smallest absolute Gasteiger partial charge is 0.255 e. The second-order valence-electron chi connectivity index (χ2n) is 5.28. The Morgan fingerprint density at radius 2 is 2.21 bits per heavy atom. The average molecular weight is 390 g/mol. The number of rotatable bonds is 5. The molecule has 2 N–H and O–H groups in total. The van der Waals surface area contributed by atoms with Gasteiger partial charge in [0.15, 0.2) is 0 Å². The van der Waals surface area contributed by atoms with E-state index in [2.05, 4.69) is 15.6 Å². The van der Waals surface area contributed by atoms with Crippen LogP contribution in [0.2, 0.25) is 0 Å². The molecule has 2 aromatic rings. The van der Waals surface area contributed by atoms with Crippen molar-refractivity contribution in [1.29, 1.82) is 0 Å². The van der Waals surface area contributed by atoms with E-state index in [1.807, 2.05) is 23.6 Å². The molecule has 2 heterocycles. The Kier molecular flexibility index (Phi) is 9.07. The Morgan fingerprint density at radius 1 is 1.38 bits per heavy atom. The van der Waals surface area contributed by atoms with E-state index in [4.69, 9.17) is 4.74 Å². The molecule has 1 saturated heterocycles. The third kappa shape index (κ3) is 5.63. The highest BCUT2D eigenvalue weighted by molar-refractivity contribution is 7.07. The number of amides is 1. The minimum absolute atomic E-state index is 0. The van der Waals surface area contributed by atoms with E-state index in [0.717, 1.165) is 31.6 Å². The molecule has 1 atom stereocenters. The lowest BCUT2D eigenvalue weighted by molar-refractivity contribution is 0.0926. The SMILES string of the molecule is Cl.Cl.O=C(N[C@H]1CCCNC1)c1ccccc1OCc1cscn1. The summed E-state index contributed by atoms with van der Waals surface area (Å²) in [5, 5.41) is 8.31. The number of hydrogen-bond donors (Lipinski definition) is 2. The molecule has 0 radical (unpaired) electrons. The van der Waals surface area contributed by atoms with Gasteiger partial charge in [-0.1, -0.05) is 12.1 Å². The number of para-hydroxylation sites is 1. The molecule has 1 aliphatic rings. The summed E-state index contributed by atoms with van der Waals surface area (Å²) in [5.41, 5.74) is 3.22. The molecule has 132 valence electrons. The van der Waals surface area contributed by atoms with Gasteiger partial charge in [-0.2, -0.15) is 0 Å². The summed E-state index contributed by atoms with van der Waals surface area (Å²) in [7, 11) is 0. The monoisotopic (exact) mass is 389 g/mol. The Morgan fingerprint density at radius 3 is 2.92 bits per heavy atom. The van der Waals surface area contributed by atoms with Gasteiger partial charge in [-0.05, 0) is 31.5 Å². The van der Waals surface area contributed by atoms with Crippen molar-refractivity contribution < 1.29 is 9.53 Å². The van der Waals surface area contributed by atoms with Crippen LogP contribution < -0.4 is 15.4 Å². The van der Waals surface area contributed by atoms with E-state index in [0.29, 0.717) is 17.9 Å². The van der Waals surface area contributed by atoms with Crippen molar-refractivity contribution in [3.8, 4) is 5.75 Å². The van der Waals surface area contributed by atoms with Gasteiger partial charge >= 0.3 is 0 Å². The lowest BCUT2D eigenvalue weighted by Gasteiger charge is -2.24. The second-order valence-corrected chi connectivity index (χ2v) is 6.00.